The lowest BCUT2D eigenvalue weighted by Gasteiger charge is -2.17. The number of hydrogen-bond acceptors (Lipinski definition) is 4. The largest absolute Gasteiger partial charge is 0.382 e. The van der Waals surface area contributed by atoms with Crippen LogP contribution in [-0.2, 0) is 6.42 Å². The highest BCUT2D eigenvalue weighted by atomic mass is 19.1. The molecule has 1 unspecified atom stereocenters. The average Bonchev–Trinajstić information content (AvgIpc) is 2.80. The van der Waals surface area contributed by atoms with Crippen LogP contribution in [0.25, 0.3) is 10.9 Å². The van der Waals surface area contributed by atoms with Crippen LogP contribution < -0.4 is 5.32 Å². The van der Waals surface area contributed by atoms with E-state index in [0.717, 1.165) is 23.1 Å². The van der Waals surface area contributed by atoms with Gasteiger partial charge in [0.05, 0.1) is 5.69 Å². The fraction of sp³-hybridized carbons (Fsp3) is 0.294. The molecule has 4 nitrogen and oxygen atoms in total. The molecule has 120 valence electrons. The molecule has 0 saturated carbocycles. The molecule has 1 atom stereocenters. The van der Waals surface area contributed by atoms with Gasteiger partial charge in [-0.05, 0) is 39.3 Å². The molecule has 0 radical (unpaired) electrons. The lowest BCUT2D eigenvalue weighted by atomic mass is 10.0. The fourth-order valence-corrected chi connectivity index (χ4v) is 2.72. The minimum absolute atomic E-state index is 0.0312. The summed E-state index contributed by atoms with van der Waals surface area (Å²) in [5.41, 5.74) is 2.70. The van der Waals surface area contributed by atoms with E-state index in [-0.39, 0.29) is 11.6 Å². The molecule has 0 amide bonds. The number of hydrogen-bond donors (Lipinski definition) is 1. The fourth-order valence-electron chi connectivity index (χ4n) is 2.72. The summed E-state index contributed by atoms with van der Waals surface area (Å²) >= 11 is 0. The Hall–Kier alpha value is -2.50. The molecular weight excluding hydrogens is 300 g/mol. The van der Waals surface area contributed by atoms with Gasteiger partial charge in [0.2, 0.25) is 0 Å². The Bertz CT molecular complexity index is 841. The molecule has 0 fully saturated rings. The first-order chi connectivity index (χ1) is 11.0. The predicted octanol–water partition coefficient (Wildman–Crippen LogP) is 4.16. The number of halogens is 2. The monoisotopic (exact) mass is 317 g/mol. The molecule has 3 rings (SSSR count). The van der Waals surface area contributed by atoms with Crippen molar-refractivity contribution in [1.29, 1.82) is 0 Å². The van der Waals surface area contributed by atoms with Gasteiger partial charge in [-0.25, -0.2) is 8.78 Å². The second-order valence-electron chi connectivity index (χ2n) is 5.69. The van der Waals surface area contributed by atoms with Crippen molar-refractivity contribution < 1.29 is 13.3 Å². The van der Waals surface area contributed by atoms with Crippen LogP contribution in [0.15, 0.2) is 28.9 Å². The van der Waals surface area contributed by atoms with E-state index >= 15 is 0 Å². The predicted molar refractivity (Wildman–Crippen MR) is 84.4 cm³/mol. The zero-order valence-electron chi connectivity index (χ0n) is 13.2. The van der Waals surface area contributed by atoms with Crippen LogP contribution in [0, 0.1) is 25.5 Å². The van der Waals surface area contributed by atoms with Crippen LogP contribution in [0.5, 0.6) is 0 Å². The standard InChI is InChI=1S/C17H17F2N3O/c1-9(6-13-10(2)22-23-11(13)3)21-16-4-5-20-17-14(16)7-12(18)8-15(17)19/h4-5,7-9H,6H2,1-3H3,(H,20,21). The minimum Gasteiger partial charge on any atom is -0.382 e. The molecule has 6 heteroatoms. The summed E-state index contributed by atoms with van der Waals surface area (Å²) < 4.78 is 32.5. The van der Waals surface area contributed by atoms with Gasteiger partial charge in [0.25, 0.3) is 0 Å². The molecule has 1 aromatic carbocycles. The van der Waals surface area contributed by atoms with E-state index in [0.29, 0.717) is 17.5 Å². The number of aromatic nitrogens is 2. The lowest BCUT2D eigenvalue weighted by Crippen LogP contribution is -2.19. The first kappa shape index (κ1) is 15.4. The topological polar surface area (TPSA) is 51.0 Å². The number of nitrogens with one attached hydrogen (secondary N) is 1. The van der Waals surface area contributed by atoms with E-state index in [9.17, 15) is 8.78 Å². The maximum Gasteiger partial charge on any atom is 0.152 e. The maximum atomic E-state index is 13.8. The Morgan fingerprint density at radius 3 is 2.74 bits per heavy atom. The molecule has 1 N–H and O–H groups in total. The summed E-state index contributed by atoms with van der Waals surface area (Å²) in [6.07, 6.45) is 2.21. The summed E-state index contributed by atoms with van der Waals surface area (Å²) in [5.74, 6) is -0.501. The van der Waals surface area contributed by atoms with Crippen molar-refractivity contribution in [3.05, 3.63) is 53.0 Å². The van der Waals surface area contributed by atoms with E-state index in [1.165, 1.54) is 12.3 Å². The Kier molecular flexibility index (Phi) is 3.98. The molecule has 2 heterocycles. The third kappa shape index (κ3) is 3.02. The van der Waals surface area contributed by atoms with E-state index in [1.807, 2.05) is 20.8 Å². The molecule has 3 aromatic rings. The van der Waals surface area contributed by atoms with Crippen LogP contribution >= 0.6 is 0 Å². The molecule has 0 aliphatic rings. The highest BCUT2D eigenvalue weighted by molar-refractivity contribution is 5.91. The summed E-state index contributed by atoms with van der Waals surface area (Å²) in [6, 6.07) is 3.87. The second-order valence-corrected chi connectivity index (χ2v) is 5.69. The SMILES string of the molecule is Cc1noc(C)c1CC(C)Nc1ccnc2c(F)cc(F)cc12. The third-order valence-corrected chi connectivity index (χ3v) is 3.86. The molecule has 23 heavy (non-hydrogen) atoms. The first-order valence-electron chi connectivity index (χ1n) is 7.37. The Morgan fingerprint density at radius 1 is 1.26 bits per heavy atom. The van der Waals surface area contributed by atoms with Gasteiger partial charge >= 0.3 is 0 Å². The number of benzene rings is 1. The average molecular weight is 317 g/mol. The number of rotatable bonds is 4. The maximum absolute atomic E-state index is 13.8. The van der Waals surface area contributed by atoms with Crippen molar-refractivity contribution in [2.45, 2.75) is 33.2 Å². The number of anilines is 1. The van der Waals surface area contributed by atoms with Crippen molar-refractivity contribution in [2.24, 2.45) is 0 Å². The molecular formula is C17H17F2N3O. The minimum atomic E-state index is -0.665. The number of fused-ring (bicyclic) bond motifs is 1. The Labute approximate surface area is 132 Å². The van der Waals surface area contributed by atoms with Crippen LogP contribution in [0.4, 0.5) is 14.5 Å². The second kappa shape index (κ2) is 5.95. The van der Waals surface area contributed by atoms with Gasteiger partial charge in [0.15, 0.2) is 5.82 Å². The van der Waals surface area contributed by atoms with E-state index in [1.54, 1.807) is 6.07 Å². The number of nitrogens with zero attached hydrogens (tertiary/aromatic N) is 2. The molecule has 0 saturated heterocycles. The van der Waals surface area contributed by atoms with Gasteiger partial charge in [-0.2, -0.15) is 0 Å². The van der Waals surface area contributed by atoms with Gasteiger partial charge in [0, 0.05) is 34.9 Å². The molecule has 0 bridgehead atoms. The first-order valence-corrected chi connectivity index (χ1v) is 7.37. The normalized spacial score (nSPS) is 12.6. The lowest BCUT2D eigenvalue weighted by molar-refractivity contribution is 0.392. The molecule has 0 spiro atoms. The van der Waals surface area contributed by atoms with E-state index in [2.05, 4.69) is 15.5 Å². The van der Waals surface area contributed by atoms with Gasteiger partial charge in [-0.3, -0.25) is 4.98 Å². The third-order valence-electron chi connectivity index (χ3n) is 3.86. The zero-order valence-corrected chi connectivity index (χ0v) is 13.2. The van der Waals surface area contributed by atoms with Crippen molar-refractivity contribution in [1.82, 2.24) is 10.1 Å². The van der Waals surface area contributed by atoms with Crippen molar-refractivity contribution in [3.63, 3.8) is 0 Å². The van der Waals surface area contributed by atoms with Gasteiger partial charge in [0.1, 0.15) is 17.1 Å². The van der Waals surface area contributed by atoms with Crippen molar-refractivity contribution >= 4 is 16.6 Å². The Balaban J connectivity index is 1.89. The van der Waals surface area contributed by atoms with Crippen LogP contribution in [0.3, 0.4) is 0 Å². The van der Waals surface area contributed by atoms with Crippen LogP contribution in [-0.4, -0.2) is 16.2 Å². The van der Waals surface area contributed by atoms with Gasteiger partial charge < -0.3 is 9.84 Å². The number of pyridine rings is 1. The quantitative estimate of drug-likeness (QED) is 0.785. The molecule has 2 aromatic heterocycles. The molecule has 0 aliphatic heterocycles. The molecule has 0 aliphatic carbocycles. The van der Waals surface area contributed by atoms with E-state index < -0.39 is 11.6 Å². The van der Waals surface area contributed by atoms with Gasteiger partial charge in [-0.1, -0.05) is 5.16 Å². The van der Waals surface area contributed by atoms with Crippen LogP contribution in [0.2, 0.25) is 0 Å². The zero-order chi connectivity index (χ0) is 16.6. The highest BCUT2D eigenvalue weighted by Gasteiger charge is 2.15. The summed E-state index contributed by atoms with van der Waals surface area (Å²) in [4.78, 5) is 3.99. The van der Waals surface area contributed by atoms with Crippen LogP contribution in [0.1, 0.15) is 23.9 Å². The highest BCUT2D eigenvalue weighted by Crippen LogP contribution is 2.26. The summed E-state index contributed by atoms with van der Waals surface area (Å²) in [5, 5.41) is 7.65. The van der Waals surface area contributed by atoms with Crippen molar-refractivity contribution in [3.8, 4) is 0 Å². The summed E-state index contributed by atoms with van der Waals surface area (Å²) in [6.45, 7) is 5.76. The summed E-state index contributed by atoms with van der Waals surface area (Å²) in [7, 11) is 0. The smallest absolute Gasteiger partial charge is 0.152 e. The Morgan fingerprint density at radius 2 is 2.04 bits per heavy atom. The van der Waals surface area contributed by atoms with Gasteiger partial charge in [-0.15, -0.1) is 0 Å². The number of aryl methyl sites for hydroxylation is 2. The van der Waals surface area contributed by atoms with Crippen molar-refractivity contribution in [2.75, 3.05) is 5.32 Å². The van der Waals surface area contributed by atoms with E-state index in [4.69, 9.17) is 4.52 Å².